The minimum atomic E-state index is 0.648. The van der Waals surface area contributed by atoms with E-state index in [0.29, 0.717) is 6.04 Å². The molecule has 1 saturated carbocycles. The molecule has 2 aliphatic rings. The van der Waals surface area contributed by atoms with Crippen LogP contribution in [0.4, 0.5) is 0 Å². The highest BCUT2D eigenvalue weighted by Crippen LogP contribution is 2.19. The van der Waals surface area contributed by atoms with Gasteiger partial charge in [0.1, 0.15) is 0 Å². The average molecular weight is 266 g/mol. The van der Waals surface area contributed by atoms with Crippen molar-refractivity contribution in [2.75, 3.05) is 33.7 Å². The molecule has 19 heavy (non-hydrogen) atoms. The second-order valence-corrected chi connectivity index (χ2v) is 6.16. The summed E-state index contributed by atoms with van der Waals surface area (Å²) >= 11 is 0. The van der Waals surface area contributed by atoms with Gasteiger partial charge in [-0.3, -0.25) is 4.99 Å². The van der Waals surface area contributed by atoms with E-state index < -0.39 is 0 Å². The molecule has 2 rings (SSSR count). The van der Waals surface area contributed by atoms with Crippen LogP contribution in [0, 0.1) is 5.92 Å². The molecule has 110 valence electrons. The Hall–Kier alpha value is -0.770. The van der Waals surface area contributed by atoms with Gasteiger partial charge in [0, 0.05) is 19.6 Å². The van der Waals surface area contributed by atoms with Crippen LogP contribution in [0.15, 0.2) is 4.99 Å². The molecule has 1 aliphatic carbocycles. The van der Waals surface area contributed by atoms with Crippen molar-refractivity contribution in [3.8, 4) is 0 Å². The van der Waals surface area contributed by atoms with Gasteiger partial charge in [-0.1, -0.05) is 12.8 Å². The molecule has 1 aliphatic heterocycles. The SMILES string of the molecule is CN=C(NCCC1CCN(C)CC1)NC1CCCC1. The number of rotatable bonds is 4. The lowest BCUT2D eigenvalue weighted by Gasteiger charge is -2.29. The minimum absolute atomic E-state index is 0.648. The van der Waals surface area contributed by atoms with E-state index in [1.807, 2.05) is 7.05 Å². The van der Waals surface area contributed by atoms with Crippen molar-refractivity contribution in [2.24, 2.45) is 10.9 Å². The van der Waals surface area contributed by atoms with Gasteiger partial charge in [-0.2, -0.15) is 0 Å². The van der Waals surface area contributed by atoms with Crippen molar-refractivity contribution in [1.82, 2.24) is 15.5 Å². The topological polar surface area (TPSA) is 39.7 Å². The number of aliphatic imine (C=N–C) groups is 1. The molecule has 2 N–H and O–H groups in total. The van der Waals surface area contributed by atoms with E-state index in [1.54, 1.807) is 0 Å². The molecule has 0 spiro atoms. The summed E-state index contributed by atoms with van der Waals surface area (Å²) in [6.07, 6.45) is 9.32. The Morgan fingerprint density at radius 3 is 2.47 bits per heavy atom. The summed E-state index contributed by atoms with van der Waals surface area (Å²) in [5, 5.41) is 7.02. The van der Waals surface area contributed by atoms with Crippen molar-refractivity contribution >= 4 is 5.96 Å². The number of nitrogens with zero attached hydrogens (tertiary/aromatic N) is 2. The van der Waals surface area contributed by atoms with E-state index in [0.717, 1.165) is 18.4 Å². The number of guanidine groups is 1. The fraction of sp³-hybridized carbons (Fsp3) is 0.933. The maximum atomic E-state index is 4.33. The largest absolute Gasteiger partial charge is 0.356 e. The fourth-order valence-electron chi connectivity index (χ4n) is 3.20. The van der Waals surface area contributed by atoms with E-state index in [2.05, 4.69) is 27.6 Å². The van der Waals surface area contributed by atoms with Gasteiger partial charge >= 0.3 is 0 Å². The first-order chi connectivity index (χ1) is 9.28. The van der Waals surface area contributed by atoms with Crippen molar-refractivity contribution in [1.29, 1.82) is 0 Å². The van der Waals surface area contributed by atoms with Crippen LogP contribution in [0.3, 0.4) is 0 Å². The standard InChI is InChI=1S/C15H30N4/c1-16-15(18-14-5-3-4-6-14)17-10-7-13-8-11-19(2)12-9-13/h13-14H,3-12H2,1-2H3,(H2,16,17,18). The molecule has 1 saturated heterocycles. The Morgan fingerprint density at radius 2 is 1.84 bits per heavy atom. The second-order valence-electron chi connectivity index (χ2n) is 6.16. The lowest BCUT2D eigenvalue weighted by Crippen LogP contribution is -2.43. The molecule has 0 radical (unpaired) electrons. The van der Waals surface area contributed by atoms with E-state index in [1.165, 1.54) is 58.0 Å². The van der Waals surface area contributed by atoms with Crippen LogP contribution in [0.5, 0.6) is 0 Å². The van der Waals surface area contributed by atoms with Gasteiger partial charge in [0.05, 0.1) is 0 Å². The molecule has 0 atom stereocenters. The van der Waals surface area contributed by atoms with Crippen LogP contribution >= 0.6 is 0 Å². The maximum absolute atomic E-state index is 4.33. The summed E-state index contributed by atoms with van der Waals surface area (Å²) in [5.74, 6) is 1.90. The molecule has 2 fully saturated rings. The zero-order valence-corrected chi connectivity index (χ0v) is 12.6. The summed E-state index contributed by atoms with van der Waals surface area (Å²) in [5.41, 5.74) is 0. The van der Waals surface area contributed by atoms with E-state index >= 15 is 0 Å². The number of nitrogens with one attached hydrogen (secondary N) is 2. The molecule has 0 amide bonds. The molecule has 1 heterocycles. The third-order valence-corrected chi connectivity index (χ3v) is 4.60. The van der Waals surface area contributed by atoms with E-state index in [4.69, 9.17) is 0 Å². The van der Waals surface area contributed by atoms with Crippen LogP contribution in [0.2, 0.25) is 0 Å². The molecule has 0 aromatic carbocycles. The number of likely N-dealkylation sites (tertiary alicyclic amines) is 1. The predicted molar refractivity (Wildman–Crippen MR) is 81.6 cm³/mol. The summed E-state index contributed by atoms with van der Waals surface area (Å²) in [4.78, 5) is 6.77. The maximum Gasteiger partial charge on any atom is 0.191 e. The Morgan fingerprint density at radius 1 is 1.16 bits per heavy atom. The van der Waals surface area contributed by atoms with E-state index in [-0.39, 0.29) is 0 Å². The molecule has 4 heteroatoms. The average Bonchev–Trinajstić information content (AvgIpc) is 2.93. The normalized spacial score (nSPS) is 23.8. The monoisotopic (exact) mass is 266 g/mol. The number of piperidine rings is 1. The Balaban J connectivity index is 1.60. The van der Waals surface area contributed by atoms with Gasteiger partial charge in [0.25, 0.3) is 0 Å². The smallest absolute Gasteiger partial charge is 0.191 e. The van der Waals surface area contributed by atoms with Crippen molar-refractivity contribution in [3.05, 3.63) is 0 Å². The van der Waals surface area contributed by atoms with Crippen LogP contribution < -0.4 is 10.6 Å². The first kappa shape index (κ1) is 14.6. The highest BCUT2D eigenvalue weighted by Gasteiger charge is 2.17. The van der Waals surface area contributed by atoms with Crippen molar-refractivity contribution in [2.45, 2.75) is 51.0 Å². The zero-order valence-electron chi connectivity index (χ0n) is 12.6. The van der Waals surface area contributed by atoms with Gasteiger partial charge in [-0.05, 0) is 58.2 Å². The second kappa shape index (κ2) is 7.73. The highest BCUT2D eigenvalue weighted by molar-refractivity contribution is 5.79. The van der Waals surface area contributed by atoms with Crippen LogP contribution in [-0.2, 0) is 0 Å². The van der Waals surface area contributed by atoms with Gasteiger partial charge in [-0.25, -0.2) is 0 Å². The van der Waals surface area contributed by atoms with E-state index in [9.17, 15) is 0 Å². The highest BCUT2D eigenvalue weighted by atomic mass is 15.2. The minimum Gasteiger partial charge on any atom is -0.356 e. The Kier molecular flexibility index (Phi) is 5.95. The van der Waals surface area contributed by atoms with Gasteiger partial charge in [0.2, 0.25) is 0 Å². The summed E-state index contributed by atoms with van der Waals surface area (Å²) in [7, 11) is 4.10. The third kappa shape index (κ3) is 5.01. The first-order valence-electron chi connectivity index (χ1n) is 7.93. The van der Waals surface area contributed by atoms with Gasteiger partial charge < -0.3 is 15.5 Å². The van der Waals surface area contributed by atoms with Crippen molar-refractivity contribution in [3.63, 3.8) is 0 Å². The number of hydrogen-bond donors (Lipinski definition) is 2. The number of hydrogen-bond acceptors (Lipinski definition) is 2. The van der Waals surface area contributed by atoms with Crippen molar-refractivity contribution < 1.29 is 0 Å². The molecule has 4 nitrogen and oxygen atoms in total. The third-order valence-electron chi connectivity index (χ3n) is 4.60. The Labute approximate surface area is 118 Å². The summed E-state index contributed by atoms with van der Waals surface area (Å²) < 4.78 is 0. The van der Waals surface area contributed by atoms with Crippen LogP contribution in [0.1, 0.15) is 44.9 Å². The molecule has 0 aromatic heterocycles. The fourth-order valence-corrected chi connectivity index (χ4v) is 3.20. The van der Waals surface area contributed by atoms with Gasteiger partial charge in [-0.15, -0.1) is 0 Å². The lowest BCUT2D eigenvalue weighted by atomic mass is 9.94. The first-order valence-corrected chi connectivity index (χ1v) is 7.93. The molecule has 0 aromatic rings. The summed E-state index contributed by atoms with van der Waals surface area (Å²) in [6, 6.07) is 0.648. The summed E-state index contributed by atoms with van der Waals surface area (Å²) in [6.45, 7) is 3.58. The molecular weight excluding hydrogens is 236 g/mol. The molecule has 0 bridgehead atoms. The Bertz CT molecular complexity index is 276. The van der Waals surface area contributed by atoms with Gasteiger partial charge in [0.15, 0.2) is 5.96 Å². The van der Waals surface area contributed by atoms with Crippen LogP contribution in [-0.4, -0.2) is 50.6 Å². The molecular formula is C15H30N4. The van der Waals surface area contributed by atoms with Crippen LogP contribution in [0.25, 0.3) is 0 Å². The quantitative estimate of drug-likeness (QED) is 0.602. The zero-order chi connectivity index (χ0) is 13.5. The lowest BCUT2D eigenvalue weighted by molar-refractivity contribution is 0.213. The molecule has 0 unspecified atom stereocenters. The predicted octanol–water partition coefficient (Wildman–Crippen LogP) is 1.83.